The van der Waals surface area contributed by atoms with Crippen LogP contribution >= 0.6 is 0 Å². The number of anilines is 1. The van der Waals surface area contributed by atoms with Crippen molar-refractivity contribution in [2.24, 2.45) is 0 Å². The molecular weight excluding hydrogens is 260 g/mol. The maximum atomic E-state index is 11.5. The largest absolute Gasteiger partial charge is 0.398 e. The summed E-state index contributed by atoms with van der Waals surface area (Å²) in [4.78, 5) is 11.5. The van der Waals surface area contributed by atoms with Gasteiger partial charge in [0.2, 0.25) is 0 Å². The zero-order chi connectivity index (χ0) is 14.6. The van der Waals surface area contributed by atoms with Gasteiger partial charge >= 0.3 is 0 Å². The van der Waals surface area contributed by atoms with E-state index >= 15 is 0 Å². The summed E-state index contributed by atoms with van der Waals surface area (Å²) in [7, 11) is 1.68. The lowest BCUT2D eigenvalue weighted by atomic mass is 10.4. The zero-order valence-electron chi connectivity index (χ0n) is 12.0. The molecule has 0 amide bonds. The molecule has 6 heteroatoms. The minimum absolute atomic E-state index is 0.0410. The lowest BCUT2D eigenvalue weighted by Crippen LogP contribution is -2.20. The first-order chi connectivity index (χ1) is 9.74. The Morgan fingerprint density at radius 2 is 1.75 bits per heavy atom. The summed E-state index contributed by atoms with van der Waals surface area (Å²) in [5.41, 5.74) is 6.18. The number of nitrogen functional groups attached to an aromatic ring is 1. The molecule has 0 unspecified atom stereocenters. The third-order valence-electron chi connectivity index (χ3n) is 2.70. The maximum Gasteiger partial charge on any atom is 0.250 e. The Kier molecular flexibility index (Phi) is 8.69. The molecule has 0 spiro atoms. The molecule has 0 fully saturated rings. The van der Waals surface area contributed by atoms with Crippen LogP contribution in [0.1, 0.15) is 12.8 Å². The monoisotopic (exact) mass is 284 g/mol. The molecule has 1 rings (SSSR count). The Bertz CT molecular complexity index is 420. The SMILES string of the molecule is COCCCOCCOCCCn1cc(N)ccc1=O. The van der Waals surface area contributed by atoms with Crippen LogP contribution in [0.5, 0.6) is 0 Å². The van der Waals surface area contributed by atoms with Gasteiger partial charge in [0.1, 0.15) is 0 Å². The van der Waals surface area contributed by atoms with E-state index in [1.807, 2.05) is 0 Å². The van der Waals surface area contributed by atoms with Crippen LogP contribution in [0.4, 0.5) is 5.69 Å². The molecule has 0 saturated heterocycles. The molecule has 0 aliphatic carbocycles. The van der Waals surface area contributed by atoms with Gasteiger partial charge in [-0.05, 0) is 18.9 Å². The summed E-state index contributed by atoms with van der Waals surface area (Å²) < 4.78 is 17.3. The molecule has 20 heavy (non-hydrogen) atoms. The average molecular weight is 284 g/mol. The summed E-state index contributed by atoms with van der Waals surface area (Å²) in [6.07, 6.45) is 3.32. The fraction of sp³-hybridized carbons (Fsp3) is 0.643. The highest BCUT2D eigenvalue weighted by molar-refractivity contribution is 5.33. The average Bonchev–Trinajstić information content (AvgIpc) is 2.44. The number of aromatic nitrogens is 1. The van der Waals surface area contributed by atoms with Crippen LogP contribution in [0.15, 0.2) is 23.1 Å². The molecule has 2 N–H and O–H groups in total. The lowest BCUT2D eigenvalue weighted by molar-refractivity contribution is 0.0383. The normalized spacial score (nSPS) is 10.8. The summed E-state index contributed by atoms with van der Waals surface area (Å²) in [5, 5.41) is 0. The molecule has 0 saturated carbocycles. The van der Waals surface area contributed by atoms with E-state index in [1.165, 1.54) is 6.07 Å². The third-order valence-corrected chi connectivity index (χ3v) is 2.70. The van der Waals surface area contributed by atoms with Gasteiger partial charge in [-0.3, -0.25) is 4.79 Å². The Hall–Kier alpha value is -1.37. The van der Waals surface area contributed by atoms with Crippen molar-refractivity contribution in [1.29, 1.82) is 0 Å². The first kappa shape index (κ1) is 16.7. The van der Waals surface area contributed by atoms with E-state index in [1.54, 1.807) is 23.9 Å². The van der Waals surface area contributed by atoms with Crippen molar-refractivity contribution in [3.63, 3.8) is 0 Å². The predicted molar refractivity (Wildman–Crippen MR) is 77.9 cm³/mol. The van der Waals surface area contributed by atoms with Gasteiger partial charge in [0.05, 0.1) is 13.2 Å². The van der Waals surface area contributed by atoms with Gasteiger partial charge in [-0.2, -0.15) is 0 Å². The molecule has 1 heterocycles. The van der Waals surface area contributed by atoms with Crippen molar-refractivity contribution >= 4 is 5.69 Å². The van der Waals surface area contributed by atoms with Crippen LogP contribution in [0.25, 0.3) is 0 Å². The zero-order valence-corrected chi connectivity index (χ0v) is 12.0. The molecule has 1 aromatic rings. The molecule has 0 aliphatic rings. The molecular formula is C14H24N2O4. The minimum atomic E-state index is -0.0410. The van der Waals surface area contributed by atoms with Gasteiger partial charge < -0.3 is 24.5 Å². The highest BCUT2D eigenvalue weighted by Crippen LogP contribution is 1.97. The first-order valence-corrected chi connectivity index (χ1v) is 6.84. The van der Waals surface area contributed by atoms with Crippen LogP contribution in [-0.4, -0.2) is 44.7 Å². The number of nitrogens with two attached hydrogens (primary N) is 1. The van der Waals surface area contributed by atoms with E-state index in [0.717, 1.165) is 19.4 Å². The van der Waals surface area contributed by atoms with Gasteiger partial charge in [-0.1, -0.05) is 0 Å². The maximum absolute atomic E-state index is 11.5. The summed E-state index contributed by atoms with van der Waals surface area (Å²) >= 11 is 0. The van der Waals surface area contributed by atoms with Gasteiger partial charge in [-0.15, -0.1) is 0 Å². The van der Waals surface area contributed by atoms with Crippen LogP contribution in [0, 0.1) is 0 Å². The third kappa shape index (κ3) is 7.28. The molecule has 6 nitrogen and oxygen atoms in total. The van der Waals surface area contributed by atoms with Crippen molar-refractivity contribution < 1.29 is 14.2 Å². The van der Waals surface area contributed by atoms with Crippen molar-refractivity contribution in [1.82, 2.24) is 4.57 Å². The second-order valence-corrected chi connectivity index (χ2v) is 4.42. The fourth-order valence-corrected chi connectivity index (χ4v) is 1.69. The van der Waals surface area contributed by atoms with E-state index in [4.69, 9.17) is 19.9 Å². The molecule has 1 aromatic heterocycles. The Labute approximate surface area is 119 Å². The molecule has 114 valence electrons. The van der Waals surface area contributed by atoms with Crippen molar-refractivity contribution in [2.45, 2.75) is 19.4 Å². The number of hydrogen-bond acceptors (Lipinski definition) is 5. The Balaban J connectivity index is 1.99. The Morgan fingerprint density at radius 1 is 1.05 bits per heavy atom. The number of ether oxygens (including phenoxy) is 3. The number of aryl methyl sites for hydroxylation is 1. The Morgan fingerprint density at radius 3 is 2.45 bits per heavy atom. The first-order valence-electron chi connectivity index (χ1n) is 6.84. The summed E-state index contributed by atoms with van der Waals surface area (Å²) in [6, 6.07) is 3.08. The van der Waals surface area contributed by atoms with Crippen LogP contribution < -0.4 is 11.3 Å². The van der Waals surface area contributed by atoms with Crippen LogP contribution in [-0.2, 0) is 20.8 Å². The topological polar surface area (TPSA) is 75.7 Å². The van der Waals surface area contributed by atoms with Gasteiger partial charge in [0, 0.05) is 51.4 Å². The number of hydrogen-bond donors (Lipinski definition) is 1. The number of nitrogens with zero attached hydrogens (tertiary/aromatic N) is 1. The van der Waals surface area contributed by atoms with E-state index in [2.05, 4.69) is 0 Å². The van der Waals surface area contributed by atoms with Crippen LogP contribution in [0.2, 0.25) is 0 Å². The van der Waals surface area contributed by atoms with Gasteiger partial charge in [0.25, 0.3) is 5.56 Å². The number of rotatable bonds is 11. The summed E-state index contributed by atoms with van der Waals surface area (Å²) in [5.74, 6) is 0. The number of pyridine rings is 1. The minimum Gasteiger partial charge on any atom is -0.398 e. The van der Waals surface area contributed by atoms with Crippen molar-refractivity contribution in [3.05, 3.63) is 28.7 Å². The second-order valence-electron chi connectivity index (χ2n) is 4.42. The highest BCUT2D eigenvalue weighted by atomic mass is 16.5. The predicted octanol–water partition coefficient (Wildman–Crippen LogP) is 0.890. The van der Waals surface area contributed by atoms with E-state index in [-0.39, 0.29) is 5.56 Å². The van der Waals surface area contributed by atoms with E-state index in [0.29, 0.717) is 38.7 Å². The number of methoxy groups -OCH3 is 1. The second kappa shape index (κ2) is 10.4. The van der Waals surface area contributed by atoms with Crippen molar-refractivity contribution in [2.75, 3.05) is 45.9 Å². The summed E-state index contributed by atoms with van der Waals surface area (Å²) in [6.45, 7) is 3.77. The van der Waals surface area contributed by atoms with Crippen molar-refractivity contribution in [3.8, 4) is 0 Å². The van der Waals surface area contributed by atoms with Crippen LogP contribution in [0.3, 0.4) is 0 Å². The fourth-order valence-electron chi connectivity index (χ4n) is 1.69. The standard InChI is InChI=1S/C14H24N2O4/c1-18-7-3-9-20-11-10-19-8-2-6-16-12-13(15)4-5-14(16)17/h4-5,12H,2-3,6-11,15H2,1H3. The lowest BCUT2D eigenvalue weighted by Gasteiger charge is -2.07. The highest BCUT2D eigenvalue weighted by Gasteiger charge is 1.97. The quantitative estimate of drug-likeness (QED) is 0.611. The van der Waals surface area contributed by atoms with E-state index in [9.17, 15) is 4.79 Å². The van der Waals surface area contributed by atoms with E-state index < -0.39 is 0 Å². The molecule has 0 radical (unpaired) electrons. The molecule has 0 bridgehead atoms. The molecule has 0 aliphatic heterocycles. The molecule has 0 aromatic carbocycles. The smallest absolute Gasteiger partial charge is 0.250 e. The molecule has 0 atom stereocenters. The van der Waals surface area contributed by atoms with Gasteiger partial charge in [-0.25, -0.2) is 0 Å². The van der Waals surface area contributed by atoms with Gasteiger partial charge in [0.15, 0.2) is 0 Å².